The van der Waals surface area contributed by atoms with Crippen LogP contribution in [-0.4, -0.2) is 36.7 Å². The van der Waals surface area contributed by atoms with E-state index < -0.39 is 10.0 Å². The Morgan fingerprint density at radius 3 is 2.46 bits per heavy atom. The average molecular weight is 390 g/mol. The monoisotopic (exact) mass is 389 g/mol. The molecule has 0 aliphatic rings. The summed E-state index contributed by atoms with van der Waals surface area (Å²) >= 11 is 1.50. The topological polar surface area (TPSA) is 79.4 Å². The van der Waals surface area contributed by atoms with Gasteiger partial charge in [0.1, 0.15) is 0 Å². The van der Waals surface area contributed by atoms with Gasteiger partial charge in [-0.05, 0) is 42.5 Å². The second-order valence-corrected chi connectivity index (χ2v) is 8.43. The number of benzene rings is 2. The molecule has 0 bridgehead atoms. The third-order valence-corrected chi connectivity index (χ3v) is 6.90. The molecule has 2 aromatic carbocycles. The summed E-state index contributed by atoms with van der Waals surface area (Å²) in [5.74, 6) is -0.291. The van der Waals surface area contributed by atoms with Gasteiger partial charge >= 0.3 is 0 Å². The fraction of sp³-hybridized carbons (Fsp3) is 0.222. The summed E-state index contributed by atoms with van der Waals surface area (Å²) in [6, 6.07) is 11.5. The number of sulfonamides is 1. The van der Waals surface area contributed by atoms with Crippen molar-refractivity contribution in [1.29, 1.82) is 0 Å². The first-order valence-electron chi connectivity index (χ1n) is 8.20. The molecule has 6 nitrogen and oxygen atoms in total. The van der Waals surface area contributed by atoms with E-state index >= 15 is 0 Å². The lowest BCUT2D eigenvalue weighted by Crippen LogP contribution is -2.30. The Morgan fingerprint density at radius 1 is 1.12 bits per heavy atom. The van der Waals surface area contributed by atoms with E-state index in [9.17, 15) is 13.2 Å². The molecule has 0 radical (unpaired) electrons. The maximum Gasteiger partial charge on any atom is 0.255 e. The summed E-state index contributed by atoms with van der Waals surface area (Å²) in [5, 5.41) is 2.82. The lowest BCUT2D eigenvalue weighted by atomic mass is 10.2. The lowest BCUT2D eigenvalue weighted by Gasteiger charge is -2.18. The van der Waals surface area contributed by atoms with Crippen molar-refractivity contribution in [2.75, 3.05) is 18.4 Å². The molecule has 1 heterocycles. The Labute approximate surface area is 156 Å². The number of aromatic nitrogens is 1. The highest BCUT2D eigenvalue weighted by molar-refractivity contribution is 7.89. The molecule has 0 atom stereocenters. The van der Waals surface area contributed by atoms with Crippen molar-refractivity contribution in [3.05, 3.63) is 53.5 Å². The Kier molecular flexibility index (Phi) is 5.36. The fourth-order valence-electron chi connectivity index (χ4n) is 2.63. The molecular weight excluding hydrogens is 370 g/mol. The summed E-state index contributed by atoms with van der Waals surface area (Å²) in [4.78, 5) is 16.8. The number of carbonyl (C=O) groups is 1. The van der Waals surface area contributed by atoms with Gasteiger partial charge in [-0.2, -0.15) is 4.31 Å². The van der Waals surface area contributed by atoms with E-state index in [0.717, 1.165) is 10.2 Å². The molecule has 136 valence electrons. The van der Waals surface area contributed by atoms with Crippen molar-refractivity contribution in [3.8, 4) is 0 Å². The van der Waals surface area contributed by atoms with Gasteiger partial charge in [0.2, 0.25) is 10.0 Å². The molecule has 0 saturated heterocycles. The summed E-state index contributed by atoms with van der Waals surface area (Å²) in [7, 11) is -3.52. The van der Waals surface area contributed by atoms with Crippen LogP contribution in [0.1, 0.15) is 24.2 Å². The molecule has 3 aromatic rings. The number of hydrogen-bond acceptors (Lipinski definition) is 5. The zero-order chi connectivity index (χ0) is 18.7. The third kappa shape index (κ3) is 3.62. The number of carbonyl (C=O) groups excluding carboxylic acids is 1. The summed E-state index contributed by atoms with van der Waals surface area (Å²) in [6.07, 6.45) is 0. The van der Waals surface area contributed by atoms with Gasteiger partial charge in [-0.3, -0.25) is 4.79 Å². The average Bonchev–Trinajstić information content (AvgIpc) is 3.10. The van der Waals surface area contributed by atoms with Gasteiger partial charge in [-0.25, -0.2) is 13.4 Å². The minimum Gasteiger partial charge on any atom is -0.322 e. The predicted octanol–water partition coefficient (Wildman–Crippen LogP) is 3.58. The van der Waals surface area contributed by atoms with Crippen LogP contribution in [0.4, 0.5) is 5.69 Å². The van der Waals surface area contributed by atoms with E-state index in [1.165, 1.54) is 39.9 Å². The van der Waals surface area contributed by atoms with Gasteiger partial charge in [-0.1, -0.05) is 13.8 Å². The fourth-order valence-corrected chi connectivity index (χ4v) is 4.80. The lowest BCUT2D eigenvalue weighted by molar-refractivity contribution is 0.102. The first-order chi connectivity index (χ1) is 12.5. The van der Waals surface area contributed by atoms with Crippen molar-refractivity contribution < 1.29 is 13.2 Å². The molecule has 1 N–H and O–H groups in total. The SMILES string of the molecule is CCN(CC)S(=O)(=O)c1ccc(C(=O)Nc2ccc3ncsc3c2)cc1. The zero-order valence-electron chi connectivity index (χ0n) is 14.5. The van der Waals surface area contributed by atoms with Crippen LogP contribution in [0.2, 0.25) is 0 Å². The molecule has 0 saturated carbocycles. The second-order valence-electron chi connectivity index (χ2n) is 5.60. The second kappa shape index (κ2) is 7.53. The largest absolute Gasteiger partial charge is 0.322 e. The molecule has 0 unspecified atom stereocenters. The molecule has 0 aliphatic carbocycles. The van der Waals surface area contributed by atoms with Crippen LogP contribution < -0.4 is 5.32 Å². The number of amides is 1. The maximum atomic E-state index is 12.5. The van der Waals surface area contributed by atoms with Gasteiger partial charge in [0.25, 0.3) is 5.91 Å². The summed E-state index contributed by atoms with van der Waals surface area (Å²) in [5.41, 5.74) is 3.71. The van der Waals surface area contributed by atoms with Crippen LogP contribution in [0.25, 0.3) is 10.2 Å². The number of thiazole rings is 1. The van der Waals surface area contributed by atoms with Crippen molar-refractivity contribution in [2.24, 2.45) is 0 Å². The van der Waals surface area contributed by atoms with E-state index in [1.54, 1.807) is 25.4 Å². The van der Waals surface area contributed by atoms with E-state index in [0.29, 0.717) is 24.3 Å². The van der Waals surface area contributed by atoms with Crippen molar-refractivity contribution in [2.45, 2.75) is 18.7 Å². The molecular formula is C18H19N3O3S2. The Morgan fingerprint density at radius 2 is 1.81 bits per heavy atom. The minimum atomic E-state index is -3.52. The smallest absolute Gasteiger partial charge is 0.255 e. The van der Waals surface area contributed by atoms with Crippen LogP contribution in [0.5, 0.6) is 0 Å². The highest BCUT2D eigenvalue weighted by Gasteiger charge is 2.21. The molecule has 0 spiro atoms. The van der Waals surface area contributed by atoms with Gasteiger partial charge in [0.15, 0.2) is 0 Å². The number of hydrogen-bond donors (Lipinski definition) is 1. The standard InChI is InChI=1S/C18H19N3O3S2/c1-3-21(4-2)26(23,24)15-8-5-13(6-9-15)18(22)20-14-7-10-16-17(11-14)25-12-19-16/h5-12H,3-4H2,1-2H3,(H,20,22). The highest BCUT2D eigenvalue weighted by Crippen LogP contribution is 2.22. The molecule has 1 amide bonds. The third-order valence-electron chi connectivity index (χ3n) is 4.05. The molecule has 0 fully saturated rings. The van der Waals surface area contributed by atoms with Gasteiger partial charge in [-0.15, -0.1) is 11.3 Å². The number of anilines is 1. The number of nitrogens with one attached hydrogen (secondary N) is 1. The first-order valence-corrected chi connectivity index (χ1v) is 10.5. The van der Waals surface area contributed by atoms with Gasteiger partial charge in [0, 0.05) is 24.3 Å². The van der Waals surface area contributed by atoms with E-state index in [2.05, 4.69) is 10.3 Å². The quantitative estimate of drug-likeness (QED) is 0.699. The normalized spacial score (nSPS) is 11.8. The van der Waals surface area contributed by atoms with Crippen LogP contribution in [0.3, 0.4) is 0 Å². The van der Waals surface area contributed by atoms with Crippen LogP contribution in [0.15, 0.2) is 52.9 Å². The highest BCUT2D eigenvalue weighted by atomic mass is 32.2. The molecule has 26 heavy (non-hydrogen) atoms. The van der Waals surface area contributed by atoms with Crippen molar-refractivity contribution in [3.63, 3.8) is 0 Å². The molecule has 3 rings (SSSR count). The van der Waals surface area contributed by atoms with E-state index in [1.807, 2.05) is 12.1 Å². The van der Waals surface area contributed by atoms with Gasteiger partial charge < -0.3 is 5.32 Å². The van der Waals surface area contributed by atoms with Crippen LogP contribution >= 0.6 is 11.3 Å². The predicted molar refractivity (Wildman–Crippen MR) is 104 cm³/mol. The molecule has 0 aliphatic heterocycles. The van der Waals surface area contributed by atoms with Gasteiger partial charge in [0.05, 0.1) is 20.6 Å². The van der Waals surface area contributed by atoms with E-state index in [4.69, 9.17) is 0 Å². The maximum absolute atomic E-state index is 12.5. The number of rotatable bonds is 6. The van der Waals surface area contributed by atoms with Crippen LogP contribution in [-0.2, 0) is 10.0 Å². The Balaban J connectivity index is 1.78. The van der Waals surface area contributed by atoms with Crippen molar-refractivity contribution >= 4 is 43.2 Å². The Bertz CT molecular complexity index is 1020. The Hall–Kier alpha value is -2.29. The van der Waals surface area contributed by atoms with E-state index in [-0.39, 0.29) is 10.8 Å². The number of fused-ring (bicyclic) bond motifs is 1. The zero-order valence-corrected chi connectivity index (χ0v) is 16.1. The van der Waals surface area contributed by atoms with Crippen LogP contribution in [0, 0.1) is 0 Å². The minimum absolute atomic E-state index is 0.184. The van der Waals surface area contributed by atoms with Crippen molar-refractivity contribution in [1.82, 2.24) is 9.29 Å². The molecule has 8 heteroatoms. The first kappa shape index (κ1) is 18.5. The number of nitrogens with zero attached hydrogens (tertiary/aromatic N) is 2. The molecule has 1 aromatic heterocycles. The summed E-state index contributed by atoms with van der Waals surface area (Å²) in [6.45, 7) is 4.40. The summed E-state index contributed by atoms with van der Waals surface area (Å²) < 4.78 is 27.3.